The standard InChI is InChI=1S/C33H56N2O6S/c1-7-8-19-27(32(39)35-28(31(38)30(37)23(2)3)20-24-15-11-9-12-16-24)34-29(36)21-26(25-17-13-10-14-18-25)22-42(40,41)33(4,5)6/h10,13-14,17-18,23-24,26-28,30-31,37-38H,7-9,11-12,15-16,19-22H2,1-6H3,(H,34,36)(H,35,39)/t26?,27-,28-,30-,31+/m0/s1. The number of aliphatic hydroxyl groups is 2. The second kappa shape index (κ2) is 16.8. The van der Waals surface area contributed by atoms with E-state index in [1.165, 1.54) is 6.42 Å². The van der Waals surface area contributed by atoms with Crippen molar-refractivity contribution in [1.29, 1.82) is 0 Å². The van der Waals surface area contributed by atoms with Crippen LogP contribution >= 0.6 is 0 Å². The van der Waals surface area contributed by atoms with E-state index in [-0.39, 0.29) is 24.0 Å². The van der Waals surface area contributed by atoms with E-state index < -0.39 is 50.7 Å². The molecule has 0 radical (unpaired) electrons. The molecule has 0 aromatic heterocycles. The van der Waals surface area contributed by atoms with Gasteiger partial charge in [-0.15, -0.1) is 0 Å². The first kappa shape index (κ1) is 36.2. The van der Waals surface area contributed by atoms with E-state index in [4.69, 9.17) is 0 Å². The first-order valence-electron chi connectivity index (χ1n) is 15.9. The molecule has 4 N–H and O–H groups in total. The summed E-state index contributed by atoms with van der Waals surface area (Å²) in [6, 6.07) is 7.69. The Hall–Kier alpha value is -1.97. The van der Waals surface area contributed by atoms with E-state index in [9.17, 15) is 28.2 Å². The van der Waals surface area contributed by atoms with Crippen molar-refractivity contribution in [2.75, 3.05) is 5.75 Å². The molecule has 2 rings (SSSR count). The zero-order valence-electron chi connectivity index (χ0n) is 26.6. The zero-order valence-corrected chi connectivity index (χ0v) is 27.5. The van der Waals surface area contributed by atoms with Crippen LogP contribution in [0, 0.1) is 11.8 Å². The molecule has 1 fully saturated rings. The summed E-state index contributed by atoms with van der Waals surface area (Å²) in [4.78, 5) is 27.0. The molecule has 1 aliphatic carbocycles. The van der Waals surface area contributed by atoms with Gasteiger partial charge in [0.15, 0.2) is 9.84 Å². The third-order valence-electron chi connectivity index (χ3n) is 8.64. The molecule has 9 heteroatoms. The maximum atomic E-state index is 13.6. The van der Waals surface area contributed by atoms with Crippen LogP contribution in [0.5, 0.6) is 0 Å². The molecule has 2 amide bonds. The van der Waals surface area contributed by atoms with Crippen LogP contribution in [0.4, 0.5) is 0 Å². The molecule has 1 saturated carbocycles. The topological polar surface area (TPSA) is 133 Å². The first-order valence-corrected chi connectivity index (χ1v) is 17.5. The Bertz CT molecular complexity index is 1060. The number of rotatable bonds is 16. The predicted molar refractivity (Wildman–Crippen MR) is 169 cm³/mol. The predicted octanol–water partition coefficient (Wildman–Crippen LogP) is 4.88. The highest BCUT2D eigenvalue weighted by molar-refractivity contribution is 7.92. The minimum atomic E-state index is -3.52. The van der Waals surface area contributed by atoms with Crippen molar-refractivity contribution in [2.45, 2.75) is 141 Å². The minimum Gasteiger partial charge on any atom is -0.390 e. The quantitative estimate of drug-likeness (QED) is 0.211. The zero-order chi connectivity index (χ0) is 31.5. The largest absolute Gasteiger partial charge is 0.390 e. The molecular weight excluding hydrogens is 552 g/mol. The Morgan fingerprint density at radius 2 is 1.60 bits per heavy atom. The first-order chi connectivity index (χ1) is 19.7. The van der Waals surface area contributed by atoms with E-state index >= 15 is 0 Å². The van der Waals surface area contributed by atoms with Crippen LogP contribution in [-0.2, 0) is 19.4 Å². The summed E-state index contributed by atoms with van der Waals surface area (Å²) in [5.41, 5.74) is 0.758. The smallest absolute Gasteiger partial charge is 0.242 e. The van der Waals surface area contributed by atoms with Gasteiger partial charge in [-0.3, -0.25) is 9.59 Å². The normalized spacial score (nSPS) is 18.6. The number of sulfone groups is 1. The van der Waals surface area contributed by atoms with Gasteiger partial charge in [-0.2, -0.15) is 0 Å². The van der Waals surface area contributed by atoms with E-state index in [2.05, 4.69) is 10.6 Å². The summed E-state index contributed by atoms with van der Waals surface area (Å²) >= 11 is 0. The summed E-state index contributed by atoms with van der Waals surface area (Å²) < 4.78 is 25.2. The number of carbonyl (C=O) groups excluding carboxylic acids is 2. The lowest BCUT2D eigenvalue weighted by molar-refractivity contribution is -0.131. The molecule has 0 bridgehead atoms. The maximum absolute atomic E-state index is 13.6. The summed E-state index contributed by atoms with van der Waals surface area (Å²) in [5, 5.41) is 27.6. The number of hydrogen-bond donors (Lipinski definition) is 4. The minimum absolute atomic E-state index is 0.0740. The SMILES string of the molecule is CCCC[C@H](NC(=O)CC(CS(=O)(=O)C(C)(C)C)c1ccccc1)C(=O)N[C@@H](CC1CCCCC1)[C@@H](O)[C@@H](O)C(C)C. The van der Waals surface area contributed by atoms with Crippen LogP contribution in [0.1, 0.15) is 117 Å². The van der Waals surface area contributed by atoms with Crippen molar-refractivity contribution in [3.63, 3.8) is 0 Å². The Morgan fingerprint density at radius 3 is 2.14 bits per heavy atom. The average molecular weight is 609 g/mol. The number of nitrogens with one attached hydrogen (secondary N) is 2. The highest BCUT2D eigenvalue weighted by atomic mass is 32.2. The molecule has 8 nitrogen and oxygen atoms in total. The van der Waals surface area contributed by atoms with Crippen LogP contribution in [0.25, 0.3) is 0 Å². The van der Waals surface area contributed by atoms with Gasteiger partial charge in [0.05, 0.1) is 22.6 Å². The maximum Gasteiger partial charge on any atom is 0.242 e. The Kier molecular flexibility index (Phi) is 14.5. The van der Waals surface area contributed by atoms with Crippen molar-refractivity contribution in [3.8, 4) is 0 Å². The highest BCUT2D eigenvalue weighted by Gasteiger charge is 2.35. The molecule has 5 atom stereocenters. The second-order valence-corrected chi connectivity index (χ2v) is 16.3. The molecule has 0 spiro atoms. The molecule has 42 heavy (non-hydrogen) atoms. The number of amides is 2. The fourth-order valence-electron chi connectivity index (χ4n) is 5.65. The molecule has 1 aliphatic rings. The molecule has 1 unspecified atom stereocenters. The van der Waals surface area contributed by atoms with Crippen LogP contribution in [0.15, 0.2) is 30.3 Å². The molecule has 1 aromatic rings. The lowest BCUT2D eigenvalue weighted by Gasteiger charge is -2.34. The molecule has 0 saturated heterocycles. The van der Waals surface area contributed by atoms with Crippen molar-refractivity contribution in [1.82, 2.24) is 10.6 Å². The summed E-state index contributed by atoms with van der Waals surface area (Å²) in [6.07, 6.45) is 5.85. The van der Waals surface area contributed by atoms with Crippen molar-refractivity contribution >= 4 is 21.7 Å². The van der Waals surface area contributed by atoms with Crippen LogP contribution < -0.4 is 10.6 Å². The second-order valence-electron chi connectivity index (χ2n) is 13.5. The lowest BCUT2D eigenvalue weighted by atomic mass is 9.82. The van der Waals surface area contributed by atoms with Crippen molar-refractivity contribution < 1.29 is 28.2 Å². The van der Waals surface area contributed by atoms with Crippen LogP contribution in [0.3, 0.4) is 0 Å². The van der Waals surface area contributed by atoms with Gasteiger partial charge >= 0.3 is 0 Å². The molecule has 0 heterocycles. The Labute approximate surface area is 254 Å². The number of carbonyl (C=O) groups is 2. The monoisotopic (exact) mass is 608 g/mol. The van der Waals surface area contributed by atoms with E-state index in [0.717, 1.165) is 37.7 Å². The Balaban J connectivity index is 2.23. The Morgan fingerprint density at radius 1 is 0.976 bits per heavy atom. The number of benzene rings is 1. The number of aliphatic hydroxyl groups excluding tert-OH is 2. The van der Waals surface area contributed by atoms with Gasteiger partial charge in [-0.05, 0) is 51.0 Å². The summed E-state index contributed by atoms with van der Waals surface area (Å²) in [6.45, 7) is 10.6. The van der Waals surface area contributed by atoms with Gasteiger partial charge in [0.1, 0.15) is 12.1 Å². The van der Waals surface area contributed by atoms with Gasteiger partial charge in [-0.25, -0.2) is 8.42 Å². The highest BCUT2D eigenvalue weighted by Crippen LogP contribution is 2.30. The third kappa shape index (κ3) is 11.3. The summed E-state index contributed by atoms with van der Waals surface area (Å²) in [5.74, 6) is -1.34. The number of hydrogen-bond acceptors (Lipinski definition) is 6. The third-order valence-corrected chi connectivity index (χ3v) is 11.3. The van der Waals surface area contributed by atoms with E-state index in [1.54, 1.807) is 20.8 Å². The van der Waals surface area contributed by atoms with Crippen LogP contribution in [-0.4, -0.2) is 65.2 Å². The van der Waals surface area contributed by atoms with Gasteiger partial charge in [0, 0.05) is 12.3 Å². The fraction of sp³-hybridized carbons (Fsp3) is 0.758. The molecule has 240 valence electrons. The molecular formula is C33H56N2O6S. The van der Waals surface area contributed by atoms with E-state index in [0.29, 0.717) is 25.2 Å². The van der Waals surface area contributed by atoms with Crippen molar-refractivity contribution in [3.05, 3.63) is 35.9 Å². The van der Waals surface area contributed by atoms with Gasteiger partial charge in [-0.1, -0.05) is 96.0 Å². The average Bonchev–Trinajstić information content (AvgIpc) is 2.93. The lowest BCUT2D eigenvalue weighted by Crippen LogP contribution is -2.56. The number of unbranched alkanes of at least 4 members (excludes halogenated alkanes) is 1. The summed E-state index contributed by atoms with van der Waals surface area (Å²) in [7, 11) is -3.52. The van der Waals surface area contributed by atoms with Crippen molar-refractivity contribution in [2.24, 2.45) is 11.8 Å². The molecule has 0 aliphatic heterocycles. The fourth-order valence-corrected chi connectivity index (χ4v) is 6.99. The van der Waals surface area contributed by atoms with Gasteiger partial charge in [0.2, 0.25) is 11.8 Å². The van der Waals surface area contributed by atoms with Crippen LogP contribution in [0.2, 0.25) is 0 Å². The van der Waals surface area contributed by atoms with E-state index in [1.807, 2.05) is 51.1 Å². The molecule has 1 aromatic carbocycles. The van der Waals surface area contributed by atoms with Gasteiger partial charge < -0.3 is 20.8 Å². The van der Waals surface area contributed by atoms with Gasteiger partial charge in [0.25, 0.3) is 0 Å².